The number of nitrogen functional groups attached to an aromatic ring is 1. The number of anilines is 1. The lowest BCUT2D eigenvalue weighted by Crippen LogP contribution is -1.98. The topological polar surface area (TPSA) is 38.4 Å². The Kier molecular flexibility index (Phi) is 4.33. The molecule has 0 unspecified atom stereocenters. The third kappa shape index (κ3) is 3.00. The van der Waals surface area contributed by atoms with Crippen molar-refractivity contribution in [1.82, 2.24) is 0 Å². The zero-order valence-corrected chi connectivity index (χ0v) is 19.1. The van der Waals surface area contributed by atoms with Gasteiger partial charge in [0.05, 0.1) is 11.4 Å². The van der Waals surface area contributed by atoms with Crippen LogP contribution in [-0.2, 0) is 0 Å². The Labute approximate surface area is 204 Å². The van der Waals surface area contributed by atoms with Gasteiger partial charge in [0.2, 0.25) is 0 Å². The lowest BCUT2D eigenvalue weighted by molar-refractivity contribution is 1.51. The van der Waals surface area contributed by atoms with Gasteiger partial charge in [-0.25, -0.2) is 4.99 Å². The highest BCUT2D eigenvalue weighted by molar-refractivity contribution is 6.26. The molecule has 2 heteroatoms. The van der Waals surface area contributed by atoms with E-state index in [1.807, 2.05) is 6.07 Å². The van der Waals surface area contributed by atoms with Crippen molar-refractivity contribution < 1.29 is 0 Å². The number of nitrogens with two attached hydrogens (primary N) is 1. The molecule has 2 nitrogen and oxygen atoms in total. The predicted octanol–water partition coefficient (Wildman–Crippen LogP) is 8.39. The SMILES string of the molecule is Nc1ccc2ccccc2c1-c1c(N=C2c3ccccc3-c3ccccc32)ccc2ccccc12. The maximum Gasteiger partial charge on any atom is 0.0794 e. The Morgan fingerprint density at radius 1 is 0.429 bits per heavy atom. The van der Waals surface area contributed by atoms with Gasteiger partial charge in [0, 0.05) is 27.9 Å². The van der Waals surface area contributed by atoms with Gasteiger partial charge in [-0.2, -0.15) is 0 Å². The third-order valence-corrected chi connectivity index (χ3v) is 7.01. The first-order valence-electron chi connectivity index (χ1n) is 11.9. The minimum absolute atomic E-state index is 0.758. The lowest BCUT2D eigenvalue weighted by atomic mass is 9.91. The molecule has 0 aromatic heterocycles. The quantitative estimate of drug-likeness (QED) is 0.266. The molecule has 1 aliphatic carbocycles. The van der Waals surface area contributed by atoms with Crippen LogP contribution in [0.15, 0.2) is 126 Å². The fourth-order valence-electron chi connectivity index (χ4n) is 5.42. The monoisotopic (exact) mass is 446 g/mol. The van der Waals surface area contributed by atoms with E-state index < -0.39 is 0 Å². The molecular weight excluding hydrogens is 424 g/mol. The zero-order valence-electron chi connectivity index (χ0n) is 19.1. The van der Waals surface area contributed by atoms with Crippen molar-refractivity contribution in [3.63, 3.8) is 0 Å². The van der Waals surface area contributed by atoms with E-state index in [0.29, 0.717) is 0 Å². The lowest BCUT2D eigenvalue weighted by Gasteiger charge is -2.16. The van der Waals surface area contributed by atoms with Gasteiger partial charge in [-0.1, -0.05) is 109 Å². The fourth-order valence-corrected chi connectivity index (χ4v) is 5.42. The molecule has 0 saturated heterocycles. The Morgan fingerprint density at radius 3 is 1.54 bits per heavy atom. The summed E-state index contributed by atoms with van der Waals surface area (Å²) in [6, 6.07) is 42.4. The first-order valence-corrected chi connectivity index (χ1v) is 11.9. The molecule has 0 fully saturated rings. The van der Waals surface area contributed by atoms with Crippen LogP contribution in [0, 0.1) is 0 Å². The first kappa shape index (κ1) is 19.7. The van der Waals surface area contributed by atoms with Crippen LogP contribution in [0.4, 0.5) is 11.4 Å². The molecule has 2 N–H and O–H groups in total. The van der Waals surface area contributed by atoms with Crippen LogP contribution >= 0.6 is 0 Å². The summed E-state index contributed by atoms with van der Waals surface area (Å²) in [6.45, 7) is 0. The van der Waals surface area contributed by atoms with E-state index in [1.165, 1.54) is 33.0 Å². The summed E-state index contributed by atoms with van der Waals surface area (Å²) in [6.07, 6.45) is 0. The van der Waals surface area contributed by atoms with Gasteiger partial charge >= 0.3 is 0 Å². The predicted molar refractivity (Wildman–Crippen MR) is 148 cm³/mol. The summed E-state index contributed by atoms with van der Waals surface area (Å²) in [4.78, 5) is 5.38. The van der Waals surface area contributed by atoms with Crippen molar-refractivity contribution in [2.24, 2.45) is 4.99 Å². The number of nitrogens with zero attached hydrogens (tertiary/aromatic N) is 1. The highest BCUT2D eigenvalue weighted by Gasteiger charge is 2.25. The Bertz CT molecular complexity index is 1760. The van der Waals surface area contributed by atoms with Crippen LogP contribution in [0.3, 0.4) is 0 Å². The second kappa shape index (κ2) is 7.68. The molecule has 6 aromatic rings. The van der Waals surface area contributed by atoms with Crippen molar-refractivity contribution >= 4 is 38.6 Å². The second-order valence-corrected chi connectivity index (χ2v) is 8.98. The van der Waals surface area contributed by atoms with Gasteiger partial charge in [0.15, 0.2) is 0 Å². The summed E-state index contributed by atoms with van der Waals surface area (Å²) < 4.78 is 0. The summed E-state index contributed by atoms with van der Waals surface area (Å²) in [7, 11) is 0. The van der Waals surface area contributed by atoms with Crippen LogP contribution < -0.4 is 5.73 Å². The third-order valence-electron chi connectivity index (χ3n) is 7.01. The average Bonchev–Trinajstić information content (AvgIpc) is 3.23. The van der Waals surface area contributed by atoms with Gasteiger partial charge in [-0.15, -0.1) is 0 Å². The highest BCUT2D eigenvalue weighted by Crippen LogP contribution is 2.45. The van der Waals surface area contributed by atoms with Crippen LogP contribution in [0.25, 0.3) is 43.8 Å². The molecule has 0 saturated carbocycles. The summed E-state index contributed by atoms with van der Waals surface area (Å²) in [5.74, 6) is 0. The van der Waals surface area contributed by atoms with Gasteiger partial charge in [0.1, 0.15) is 0 Å². The van der Waals surface area contributed by atoms with Crippen molar-refractivity contribution in [3.8, 4) is 22.3 Å². The molecule has 0 radical (unpaired) electrons. The maximum atomic E-state index is 6.69. The van der Waals surface area contributed by atoms with E-state index in [9.17, 15) is 0 Å². The largest absolute Gasteiger partial charge is 0.398 e. The molecule has 0 atom stereocenters. The first-order chi connectivity index (χ1) is 17.3. The molecule has 35 heavy (non-hydrogen) atoms. The van der Waals surface area contributed by atoms with Crippen molar-refractivity contribution in [1.29, 1.82) is 0 Å². The molecule has 164 valence electrons. The van der Waals surface area contributed by atoms with Gasteiger partial charge in [0.25, 0.3) is 0 Å². The van der Waals surface area contributed by atoms with E-state index in [4.69, 9.17) is 10.7 Å². The number of aliphatic imine (C=N–C) groups is 1. The second-order valence-electron chi connectivity index (χ2n) is 8.98. The number of hydrogen-bond donors (Lipinski definition) is 1. The van der Waals surface area contributed by atoms with E-state index in [1.54, 1.807) is 0 Å². The number of fused-ring (bicyclic) bond motifs is 5. The van der Waals surface area contributed by atoms with Crippen molar-refractivity contribution in [2.75, 3.05) is 5.73 Å². The summed E-state index contributed by atoms with van der Waals surface area (Å²) in [5.41, 5.74) is 16.3. The summed E-state index contributed by atoms with van der Waals surface area (Å²) in [5, 5.41) is 4.63. The minimum Gasteiger partial charge on any atom is -0.398 e. The van der Waals surface area contributed by atoms with Gasteiger partial charge in [-0.05, 0) is 44.8 Å². The zero-order chi connectivity index (χ0) is 23.4. The molecule has 0 amide bonds. The molecule has 0 aliphatic heterocycles. The molecule has 7 rings (SSSR count). The molecule has 0 bridgehead atoms. The van der Waals surface area contributed by atoms with Crippen LogP contribution in [0.5, 0.6) is 0 Å². The Morgan fingerprint density at radius 2 is 0.914 bits per heavy atom. The van der Waals surface area contributed by atoms with Crippen LogP contribution in [0.1, 0.15) is 11.1 Å². The van der Waals surface area contributed by atoms with E-state index in [0.717, 1.165) is 39.0 Å². The van der Waals surface area contributed by atoms with Crippen LogP contribution in [-0.4, -0.2) is 5.71 Å². The van der Waals surface area contributed by atoms with Gasteiger partial charge in [-0.3, -0.25) is 0 Å². The standard InChI is InChI=1S/C33H22N2/c34-29-19-17-21-9-1-3-11-23(21)31(29)32-24-12-4-2-10-22(24)18-20-30(32)35-33-27-15-7-5-13-25(27)26-14-6-8-16-28(26)33/h1-20H,34H2. The highest BCUT2D eigenvalue weighted by atomic mass is 14.8. The van der Waals surface area contributed by atoms with Crippen molar-refractivity contribution in [3.05, 3.63) is 132 Å². The molecule has 6 aromatic carbocycles. The Balaban J connectivity index is 1.59. The van der Waals surface area contributed by atoms with E-state index in [-0.39, 0.29) is 0 Å². The van der Waals surface area contributed by atoms with E-state index in [2.05, 4.69) is 115 Å². The van der Waals surface area contributed by atoms with E-state index >= 15 is 0 Å². The molecule has 1 aliphatic rings. The number of benzene rings is 6. The van der Waals surface area contributed by atoms with Crippen LogP contribution in [0.2, 0.25) is 0 Å². The minimum atomic E-state index is 0.758. The summed E-state index contributed by atoms with van der Waals surface area (Å²) >= 11 is 0. The smallest absolute Gasteiger partial charge is 0.0794 e. The molecule has 0 heterocycles. The maximum absolute atomic E-state index is 6.69. The normalized spacial score (nSPS) is 12.1. The average molecular weight is 447 g/mol. The number of hydrogen-bond acceptors (Lipinski definition) is 2. The molecular formula is C33H22N2. The fraction of sp³-hybridized carbons (Fsp3) is 0. The number of rotatable bonds is 2. The van der Waals surface area contributed by atoms with Gasteiger partial charge < -0.3 is 5.73 Å². The molecule has 0 spiro atoms. The van der Waals surface area contributed by atoms with Crippen molar-refractivity contribution in [2.45, 2.75) is 0 Å². The Hall–Kier alpha value is -4.69.